The van der Waals surface area contributed by atoms with Crippen LogP contribution in [0, 0.1) is 0 Å². The summed E-state index contributed by atoms with van der Waals surface area (Å²) in [6, 6.07) is 10.6. The first-order valence-electron chi connectivity index (χ1n) is 8.52. The van der Waals surface area contributed by atoms with Gasteiger partial charge in [-0.2, -0.15) is 0 Å². The van der Waals surface area contributed by atoms with Crippen molar-refractivity contribution in [3.05, 3.63) is 30.3 Å². The zero-order chi connectivity index (χ0) is 14.5. The maximum atomic E-state index is 6.61. The van der Waals surface area contributed by atoms with Crippen LogP contribution in [0.2, 0.25) is 0 Å². The van der Waals surface area contributed by atoms with E-state index in [1.165, 1.54) is 63.1 Å². The van der Waals surface area contributed by atoms with Gasteiger partial charge in [0.15, 0.2) is 0 Å². The second kappa shape index (κ2) is 7.22. The molecule has 0 N–H and O–H groups in total. The van der Waals surface area contributed by atoms with E-state index in [-0.39, 0.29) is 5.60 Å². The molecule has 0 bridgehead atoms. The Hall–Kier alpha value is -0.430. The zero-order valence-corrected chi connectivity index (χ0v) is 14.0. The zero-order valence-electron chi connectivity index (χ0n) is 13.1. The molecule has 3 heteroatoms. The lowest BCUT2D eigenvalue weighted by Crippen LogP contribution is -2.40. The largest absolute Gasteiger partial charge is 0.327 e. The number of hydrogen-bond donors (Lipinski definition) is 0. The lowest BCUT2D eigenvalue weighted by Gasteiger charge is -2.44. The third kappa shape index (κ3) is 3.86. The van der Waals surface area contributed by atoms with E-state index in [0.29, 0.717) is 6.10 Å². The molecule has 2 nitrogen and oxygen atoms in total. The fraction of sp³-hybridized carbons (Fsp3) is 0.667. The van der Waals surface area contributed by atoms with E-state index in [1.54, 1.807) is 0 Å². The summed E-state index contributed by atoms with van der Waals surface area (Å²) < 4.78 is 12.9. The average molecular weight is 306 g/mol. The van der Waals surface area contributed by atoms with Gasteiger partial charge in [-0.25, -0.2) is 0 Å². The van der Waals surface area contributed by atoms with E-state index in [0.717, 1.165) is 0 Å². The Bertz CT molecular complexity index is 426. The molecule has 1 aromatic rings. The standard InChI is InChI=1S/C18H27O2P/c1-2-3-13-18(14-8-15-18)20-21(19-16-9-7-10-16)17-11-5-4-6-12-17/h4-6,11-12,16H,2-3,7-10,13-15H2,1H3. The van der Waals surface area contributed by atoms with Gasteiger partial charge in [-0.05, 0) is 57.1 Å². The van der Waals surface area contributed by atoms with Crippen LogP contribution in [0.25, 0.3) is 0 Å². The minimum Gasteiger partial charge on any atom is -0.327 e. The molecule has 0 saturated heterocycles. The number of benzene rings is 1. The fourth-order valence-corrected chi connectivity index (χ4v) is 4.72. The van der Waals surface area contributed by atoms with Crippen LogP contribution in [0.4, 0.5) is 0 Å². The second-order valence-electron chi connectivity index (χ2n) is 6.48. The van der Waals surface area contributed by atoms with Crippen molar-refractivity contribution in [2.45, 2.75) is 76.4 Å². The molecule has 0 amide bonds. The normalized spacial score (nSPS) is 22.3. The van der Waals surface area contributed by atoms with Crippen LogP contribution in [0.15, 0.2) is 30.3 Å². The van der Waals surface area contributed by atoms with Crippen LogP contribution < -0.4 is 5.30 Å². The molecular weight excluding hydrogens is 279 g/mol. The van der Waals surface area contributed by atoms with Gasteiger partial charge in [-0.1, -0.05) is 38.0 Å². The number of unbranched alkanes of at least 4 members (excludes halogenated alkanes) is 1. The summed E-state index contributed by atoms with van der Waals surface area (Å²) in [7, 11) is -0.909. The molecule has 2 aliphatic carbocycles. The van der Waals surface area contributed by atoms with Crippen LogP contribution in [-0.2, 0) is 9.05 Å². The van der Waals surface area contributed by atoms with Gasteiger partial charge in [0.05, 0.1) is 11.7 Å². The predicted molar refractivity (Wildman–Crippen MR) is 88.9 cm³/mol. The highest BCUT2D eigenvalue weighted by Gasteiger charge is 2.41. The highest BCUT2D eigenvalue weighted by Crippen LogP contribution is 2.53. The summed E-state index contributed by atoms with van der Waals surface area (Å²) in [6.07, 6.45) is 11.6. The molecule has 0 spiro atoms. The van der Waals surface area contributed by atoms with Gasteiger partial charge >= 0.3 is 0 Å². The molecular formula is C18H27O2P. The highest BCUT2D eigenvalue weighted by atomic mass is 31.2. The Labute approximate surface area is 130 Å². The molecule has 116 valence electrons. The molecule has 1 atom stereocenters. The molecule has 21 heavy (non-hydrogen) atoms. The Morgan fingerprint density at radius 1 is 1.14 bits per heavy atom. The van der Waals surface area contributed by atoms with Gasteiger partial charge < -0.3 is 9.05 Å². The first-order valence-corrected chi connectivity index (χ1v) is 9.70. The lowest BCUT2D eigenvalue weighted by atomic mass is 9.77. The molecule has 0 heterocycles. The lowest BCUT2D eigenvalue weighted by molar-refractivity contribution is -0.0246. The summed E-state index contributed by atoms with van der Waals surface area (Å²) >= 11 is 0. The van der Waals surface area contributed by atoms with E-state index in [2.05, 4.69) is 37.3 Å². The molecule has 0 aliphatic heterocycles. The van der Waals surface area contributed by atoms with Crippen molar-refractivity contribution in [1.82, 2.24) is 0 Å². The van der Waals surface area contributed by atoms with Crippen LogP contribution in [0.5, 0.6) is 0 Å². The van der Waals surface area contributed by atoms with E-state index in [9.17, 15) is 0 Å². The van der Waals surface area contributed by atoms with Crippen LogP contribution >= 0.6 is 8.38 Å². The van der Waals surface area contributed by atoms with Crippen LogP contribution in [0.1, 0.15) is 64.7 Å². The monoisotopic (exact) mass is 306 g/mol. The fourth-order valence-electron chi connectivity index (χ4n) is 2.93. The first-order chi connectivity index (χ1) is 10.3. The van der Waals surface area contributed by atoms with E-state index in [1.807, 2.05) is 0 Å². The predicted octanol–water partition coefficient (Wildman–Crippen LogP) is 5.32. The maximum Gasteiger partial charge on any atom is 0.205 e. The summed E-state index contributed by atoms with van der Waals surface area (Å²) in [5, 5.41) is 1.24. The molecule has 2 saturated carbocycles. The minimum atomic E-state index is -0.909. The van der Waals surface area contributed by atoms with Crippen molar-refractivity contribution in [3.8, 4) is 0 Å². The van der Waals surface area contributed by atoms with Crippen molar-refractivity contribution in [1.29, 1.82) is 0 Å². The Morgan fingerprint density at radius 2 is 1.90 bits per heavy atom. The third-order valence-corrected chi connectivity index (χ3v) is 6.55. The summed E-state index contributed by atoms with van der Waals surface area (Å²) in [5.74, 6) is 0. The van der Waals surface area contributed by atoms with E-state index in [4.69, 9.17) is 9.05 Å². The summed E-state index contributed by atoms with van der Waals surface area (Å²) in [6.45, 7) is 2.26. The van der Waals surface area contributed by atoms with Gasteiger partial charge in [0, 0.05) is 5.30 Å². The molecule has 0 radical (unpaired) electrons. The summed E-state index contributed by atoms with van der Waals surface area (Å²) in [5.41, 5.74) is 0.112. The van der Waals surface area contributed by atoms with Gasteiger partial charge in [0.1, 0.15) is 0 Å². The summed E-state index contributed by atoms with van der Waals surface area (Å²) in [4.78, 5) is 0. The molecule has 2 fully saturated rings. The second-order valence-corrected chi connectivity index (χ2v) is 7.91. The van der Waals surface area contributed by atoms with Crippen molar-refractivity contribution >= 4 is 13.7 Å². The number of rotatable bonds is 8. The molecule has 3 rings (SSSR count). The number of hydrogen-bond acceptors (Lipinski definition) is 2. The smallest absolute Gasteiger partial charge is 0.205 e. The van der Waals surface area contributed by atoms with Crippen LogP contribution in [-0.4, -0.2) is 11.7 Å². The molecule has 1 aromatic carbocycles. The maximum absolute atomic E-state index is 6.61. The molecule has 0 aromatic heterocycles. The molecule has 1 unspecified atom stereocenters. The van der Waals surface area contributed by atoms with E-state index < -0.39 is 8.38 Å². The SMILES string of the molecule is CCCCC1(OP(OC2CCC2)c2ccccc2)CCC1. The first kappa shape index (κ1) is 15.5. The Morgan fingerprint density at radius 3 is 2.43 bits per heavy atom. The molecule has 2 aliphatic rings. The van der Waals surface area contributed by atoms with Crippen molar-refractivity contribution in [2.75, 3.05) is 0 Å². The quantitative estimate of drug-likeness (QED) is 0.605. The average Bonchev–Trinajstić information content (AvgIpc) is 2.44. The van der Waals surface area contributed by atoms with Gasteiger partial charge in [-0.3, -0.25) is 0 Å². The minimum absolute atomic E-state index is 0.112. The topological polar surface area (TPSA) is 18.5 Å². The van der Waals surface area contributed by atoms with Gasteiger partial charge in [-0.15, -0.1) is 0 Å². The van der Waals surface area contributed by atoms with Crippen molar-refractivity contribution in [2.24, 2.45) is 0 Å². The Balaban J connectivity index is 1.68. The van der Waals surface area contributed by atoms with Crippen LogP contribution in [0.3, 0.4) is 0 Å². The Kier molecular flexibility index (Phi) is 5.32. The van der Waals surface area contributed by atoms with Gasteiger partial charge in [0.2, 0.25) is 8.38 Å². The van der Waals surface area contributed by atoms with Crippen molar-refractivity contribution in [3.63, 3.8) is 0 Å². The van der Waals surface area contributed by atoms with Gasteiger partial charge in [0.25, 0.3) is 0 Å². The third-order valence-electron chi connectivity index (χ3n) is 4.79. The van der Waals surface area contributed by atoms with Crippen molar-refractivity contribution < 1.29 is 9.05 Å². The van der Waals surface area contributed by atoms with E-state index >= 15 is 0 Å². The highest BCUT2D eigenvalue weighted by molar-refractivity contribution is 7.56.